The molecule has 2 nitrogen and oxygen atoms in total. The van der Waals surface area contributed by atoms with Gasteiger partial charge in [0.25, 0.3) is 0 Å². The van der Waals surface area contributed by atoms with Gasteiger partial charge in [-0.2, -0.15) is 0 Å². The summed E-state index contributed by atoms with van der Waals surface area (Å²) in [4.78, 5) is 0. The third-order valence-corrected chi connectivity index (χ3v) is 5.49. The summed E-state index contributed by atoms with van der Waals surface area (Å²) in [6.45, 7) is 0. The number of hydrazine groups is 1. The van der Waals surface area contributed by atoms with Crippen LogP contribution < -0.4 is 25.9 Å². The summed E-state index contributed by atoms with van der Waals surface area (Å²) >= 11 is 2.25. The van der Waals surface area contributed by atoms with Crippen LogP contribution in [0.15, 0.2) is 91.0 Å². The van der Waals surface area contributed by atoms with Gasteiger partial charge in [0, 0.05) is 0 Å². The fourth-order valence-electron chi connectivity index (χ4n) is 2.18. The van der Waals surface area contributed by atoms with E-state index in [9.17, 15) is 0 Å². The standard InChI is InChI=1S/C18H15P.H3N2.Rh/c1-4-10-16(11-5-1)19(17-12-6-2-7-13-17)18-14-8-3-9-15-18;1-2;/h1-15H;1H,2H2;/q;-1;+1. The van der Waals surface area contributed by atoms with Crippen molar-refractivity contribution in [1.29, 1.82) is 0 Å². The van der Waals surface area contributed by atoms with E-state index in [0.29, 0.717) is 0 Å². The second-order valence-electron chi connectivity index (χ2n) is 4.44. The Balaban J connectivity index is 0.000000545. The molecular weight excluding hydrogens is 378 g/mol. The summed E-state index contributed by atoms with van der Waals surface area (Å²) in [6, 6.07) is 32.3. The van der Waals surface area contributed by atoms with Crippen molar-refractivity contribution in [1.82, 2.24) is 4.17 Å². The quantitative estimate of drug-likeness (QED) is 0.309. The van der Waals surface area contributed by atoms with Crippen LogP contribution in [0, 0.1) is 0 Å². The van der Waals surface area contributed by atoms with E-state index >= 15 is 0 Å². The molecule has 114 valence electrons. The van der Waals surface area contributed by atoms with Gasteiger partial charge in [-0.3, -0.25) is 0 Å². The van der Waals surface area contributed by atoms with E-state index in [2.05, 4.69) is 120 Å². The van der Waals surface area contributed by atoms with Gasteiger partial charge in [-0.1, -0.05) is 91.0 Å². The van der Waals surface area contributed by atoms with Gasteiger partial charge in [0.05, 0.1) is 0 Å². The Morgan fingerprint density at radius 1 is 0.591 bits per heavy atom. The molecule has 0 heterocycles. The molecule has 3 aromatic rings. The van der Waals surface area contributed by atoms with Crippen molar-refractivity contribution in [3.63, 3.8) is 0 Å². The van der Waals surface area contributed by atoms with E-state index in [1.54, 1.807) is 0 Å². The minimum Gasteiger partial charge on any atom is -0.0622 e. The van der Waals surface area contributed by atoms with E-state index in [4.69, 9.17) is 0 Å². The molecule has 3 aromatic carbocycles. The van der Waals surface area contributed by atoms with Crippen LogP contribution in [-0.4, -0.2) is 0 Å². The van der Waals surface area contributed by atoms with E-state index in [1.807, 2.05) is 0 Å². The molecule has 0 aliphatic carbocycles. The van der Waals surface area contributed by atoms with Gasteiger partial charge in [-0.25, -0.2) is 0 Å². The van der Waals surface area contributed by atoms with Crippen LogP contribution >= 0.6 is 7.92 Å². The first-order valence-corrected chi connectivity index (χ1v) is 9.02. The Labute approximate surface area is 143 Å². The second-order valence-corrected chi connectivity index (χ2v) is 7.13. The Morgan fingerprint density at radius 3 is 1.05 bits per heavy atom. The largest absolute Gasteiger partial charge is 0.0622 e. The number of benzene rings is 3. The topological polar surface area (TPSA) is 38.0 Å². The van der Waals surface area contributed by atoms with E-state index < -0.39 is 7.92 Å². The van der Waals surface area contributed by atoms with Crippen molar-refractivity contribution in [2.24, 2.45) is 5.84 Å². The van der Waals surface area contributed by atoms with Crippen LogP contribution in [0.25, 0.3) is 0 Å². The van der Waals surface area contributed by atoms with Gasteiger partial charge in [-0.15, -0.1) is 0 Å². The van der Waals surface area contributed by atoms with Crippen molar-refractivity contribution in [3.8, 4) is 0 Å². The van der Waals surface area contributed by atoms with Gasteiger partial charge in [-0.05, 0) is 23.8 Å². The molecule has 0 atom stereocenters. The summed E-state index contributed by atoms with van der Waals surface area (Å²) in [5.74, 6) is 4.55. The molecule has 3 N–H and O–H groups in total. The van der Waals surface area contributed by atoms with Crippen molar-refractivity contribution in [3.05, 3.63) is 91.0 Å². The predicted octanol–water partition coefficient (Wildman–Crippen LogP) is 2.36. The fraction of sp³-hybridized carbons (Fsp3) is 0. The molecule has 0 radical (unpaired) electrons. The van der Waals surface area contributed by atoms with Crippen LogP contribution in [-0.2, 0) is 18.5 Å². The predicted molar refractivity (Wildman–Crippen MR) is 92.5 cm³/mol. The maximum Gasteiger partial charge on any atom is -0.0134 e. The van der Waals surface area contributed by atoms with E-state index in [0.717, 1.165) is 0 Å². The Kier molecular flexibility index (Phi) is 7.42. The Bertz CT molecular complexity index is 554. The van der Waals surface area contributed by atoms with Crippen molar-refractivity contribution < 1.29 is 18.5 Å². The van der Waals surface area contributed by atoms with E-state index in [-0.39, 0.29) is 0 Å². The second kappa shape index (κ2) is 9.61. The van der Waals surface area contributed by atoms with Crippen LogP contribution in [0.1, 0.15) is 0 Å². The molecular formula is C18H18N2PRh. The molecule has 0 aromatic heterocycles. The van der Waals surface area contributed by atoms with E-state index in [1.165, 1.54) is 15.9 Å². The molecule has 3 rings (SSSR count). The van der Waals surface area contributed by atoms with Gasteiger partial charge in [0.2, 0.25) is 0 Å². The first kappa shape index (κ1) is 17.0. The molecule has 0 fully saturated rings. The SMILES string of the molecule is N[NH][Rh].c1ccc(P(c2ccccc2)c2ccccc2)cc1. The molecule has 0 aliphatic heterocycles. The normalized spacial score (nSPS) is 10.0. The number of hydrogen-bond acceptors (Lipinski definition) is 2. The van der Waals surface area contributed by atoms with Crippen LogP contribution in [0.5, 0.6) is 0 Å². The third kappa shape index (κ3) is 4.83. The maximum absolute atomic E-state index is 4.55. The fourth-order valence-corrected chi connectivity index (χ4v) is 4.48. The molecule has 0 spiro atoms. The molecule has 4 heteroatoms. The minimum absolute atomic E-state index is 0.446. The molecule has 22 heavy (non-hydrogen) atoms. The summed E-state index contributed by atoms with van der Waals surface area (Å²) in [5, 5.41) is 4.19. The van der Waals surface area contributed by atoms with Crippen molar-refractivity contribution in [2.75, 3.05) is 0 Å². The maximum atomic E-state index is 4.55. The van der Waals surface area contributed by atoms with Gasteiger partial charge >= 0.3 is 28.6 Å². The number of nitrogens with two attached hydrogens (primary N) is 1. The zero-order chi connectivity index (χ0) is 15.6. The summed E-state index contributed by atoms with van der Waals surface area (Å²) in [6.07, 6.45) is 0. The first-order chi connectivity index (χ1) is 10.9. The third-order valence-electron chi connectivity index (χ3n) is 3.04. The van der Waals surface area contributed by atoms with Crippen LogP contribution in [0.4, 0.5) is 0 Å². The van der Waals surface area contributed by atoms with Gasteiger partial charge < -0.3 is 0 Å². The molecule has 0 saturated heterocycles. The average molecular weight is 396 g/mol. The summed E-state index contributed by atoms with van der Waals surface area (Å²) < 4.78 is 2.14. The molecule has 0 bridgehead atoms. The number of nitrogens with one attached hydrogen (secondary N) is 1. The summed E-state index contributed by atoms with van der Waals surface area (Å²) in [5.41, 5.74) is 0. The molecule has 0 aliphatic rings. The number of rotatable bonds is 3. The smallest absolute Gasteiger partial charge is 0.0134 e. The minimum atomic E-state index is -0.446. The first-order valence-electron chi connectivity index (χ1n) is 6.86. The molecule has 0 amide bonds. The van der Waals surface area contributed by atoms with Crippen molar-refractivity contribution >= 4 is 23.8 Å². The zero-order valence-electron chi connectivity index (χ0n) is 12.0. The Morgan fingerprint density at radius 2 is 0.818 bits per heavy atom. The van der Waals surface area contributed by atoms with Crippen molar-refractivity contribution in [2.45, 2.75) is 0 Å². The van der Waals surface area contributed by atoms with Gasteiger partial charge in [0.15, 0.2) is 0 Å². The van der Waals surface area contributed by atoms with Crippen LogP contribution in [0.2, 0.25) is 0 Å². The number of hydrogen-bond donors (Lipinski definition) is 2. The van der Waals surface area contributed by atoms with Gasteiger partial charge in [0.1, 0.15) is 0 Å². The monoisotopic (exact) mass is 396 g/mol. The zero-order valence-corrected chi connectivity index (χ0v) is 14.6. The summed E-state index contributed by atoms with van der Waals surface area (Å²) in [7, 11) is -0.446. The van der Waals surface area contributed by atoms with Crippen LogP contribution in [0.3, 0.4) is 0 Å². The molecule has 0 saturated carbocycles. The average Bonchev–Trinajstić information content (AvgIpc) is 2.59. The molecule has 0 unspecified atom stereocenters. The Hall–Kier alpha value is -1.37.